The SMILES string of the molecule is COc1ccc(C2N(C(=O)c3ccc(Cl)cc3)c3ccccc3C2(C)C)cc1. The van der Waals surface area contributed by atoms with E-state index in [-0.39, 0.29) is 17.4 Å². The lowest BCUT2D eigenvalue weighted by Crippen LogP contribution is -2.38. The van der Waals surface area contributed by atoms with Crippen LogP contribution in [0.1, 0.15) is 41.4 Å². The zero-order valence-corrected chi connectivity index (χ0v) is 16.9. The first kappa shape index (κ1) is 18.6. The molecule has 1 aliphatic heterocycles. The highest BCUT2D eigenvalue weighted by Crippen LogP contribution is 2.53. The third-order valence-corrected chi connectivity index (χ3v) is 5.79. The van der Waals surface area contributed by atoms with Gasteiger partial charge in [0.2, 0.25) is 0 Å². The number of carbonyl (C=O) groups excluding carboxylic acids is 1. The van der Waals surface area contributed by atoms with Crippen molar-refractivity contribution < 1.29 is 9.53 Å². The minimum Gasteiger partial charge on any atom is -0.497 e. The van der Waals surface area contributed by atoms with Crippen LogP contribution in [0.4, 0.5) is 5.69 Å². The molecule has 3 aromatic carbocycles. The molecule has 0 saturated carbocycles. The van der Waals surface area contributed by atoms with Gasteiger partial charge in [-0.15, -0.1) is 0 Å². The standard InChI is InChI=1S/C24H22ClNO2/c1-24(2)20-6-4-5-7-21(20)26(23(27)17-8-12-18(25)13-9-17)22(24)16-10-14-19(28-3)15-11-16/h4-15,22H,1-3H3. The first-order chi connectivity index (χ1) is 13.4. The number of para-hydroxylation sites is 1. The number of halogens is 1. The Morgan fingerprint density at radius 3 is 2.25 bits per heavy atom. The summed E-state index contributed by atoms with van der Waals surface area (Å²) in [5.41, 5.74) is 3.57. The van der Waals surface area contributed by atoms with Crippen LogP contribution in [-0.4, -0.2) is 13.0 Å². The summed E-state index contributed by atoms with van der Waals surface area (Å²) in [6, 6.07) is 23.1. The van der Waals surface area contributed by atoms with Gasteiger partial charge in [-0.1, -0.05) is 55.8 Å². The molecule has 0 fully saturated rings. The number of rotatable bonds is 3. The molecule has 4 heteroatoms. The Labute approximate surface area is 170 Å². The highest BCUT2D eigenvalue weighted by atomic mass is 35.5. The Hall–Kier alpha value is -2.78. The molecule has 0 aliphatic carbocycles. The van der Waals surface area contributed by atoms with Crippen molar-refractivity contribution in [3.63, 3.8) is 0 Å². The van der Waals surface area contributed by atoms with Crippen molar-refractivity contribution in [2.24, 2.45) is 0 Å². The Kier molecular flexibility index (Phi) is 4.64. The van der Waals surface area contributed by atoms with Crippen molar-refractivity contribution in [3.05, 3.63) is 94.5 Å². The summed E-state index contributed by atoms with van der Waals surface area (Å²) in [5.74, 6) is 0.767. The normalized spacial score (nSPS) is 17.3. The summed E-state index contributed by atoms with van der Waals surface area (Å²) in [4.78, 5) is 15.5. The van der Waals surface area contributed by atoms with Gasteiger partial charge in [0.15, 0.2) is 0 Å². The fourth-order valence-electron chi connectivity index (χ4n) is 4.15. The van der Waals surface area contributed by atoms with Crippen molar-refractivity contribution in [1.82, 2.24) is 0 Å². The molecule has 1 amide bonds. The van der Waals surface area contributed by atoms with Gasteiger partial charge in [0.1, 0.15) is 5.75 Å². The molecule has 3 aromatic rings. The molecule has 4 rings (SSSR count). The van der Waals surface area contributed by atoms with Crippen molar-refractivity contribution in [2.45, 2.75) is 25.3 Å². The second kappa shape index (κ2) is 6.99. The maximum atomic E-state index is 13.6. The van der Waals surface area contributed by atoms with Crippen LogP contribution in [0, 0.1) is 0 Å². The average Bonchev–Trinajstić information content (AvgIpc) is 2.95. The van der Waals surface area contributed by atoms with E-state index in [2.05, 4.69) is 19.9 Å². The highest BCUT2D eigenvalue weighted by molar-refractivity contribution is 6.30. The lowest BCUT2D eigenvalue weighted by Gasteiger charge is -2.34. The van der Waals surface area contributed by atoms with Crippen LogP contribution in [0.15, 0.2) is 72.8 Å². The molecule has 1 heterocycles. The van der Waals surface area contributed by atoms with Crippen molar-refractivity contribution in [2.75, 3.05) is 12.0 Å². The van der Waals surface area contributed by atoms with Gasteiger partial charge < -0.3 is 4.74 Å². The number of nitrogens with zero attached hydrogens (tertiary/aromatic N) is 1. The number of benzene rings is 3. The third-order valence-electron chi connectivity index (χ3n) is 5.54. The van der Waals surface area contributed by atoms with Gasteiger partial charge in [-0.2, -0.15) is 0 Å². The minimum absolute atomic E-state index is 0.0319. The largest absolute Gasteiger partial charge is 0.497 e. The summed E-state index contributed by atoms with van der Waals surface area (Å²) in [6.45, 7) is 4.38. The number of carbonyl (C=O) groups is 1. The van der Waals surface area contributed by atoms with Crippen molar-refractivity contribution in [3.8, 4) is 5.75 Å². The van der Waals surface area contributed by atoms with Gasteiger partial charge in [-0.3, -0.25) is 9.69 Å². The summed E-state index contributed by atoms with van der Waals surface area (Å²) >= 11 is 6.02. The Bertz CT molecular complexity index is 1010. The van der Waals surface area contributed by atoms with Crippen LogP contribution < -0.4 is 9.64 Å². The molecule has 1 aliphatic rings. The summed E-state index contributed by atoms with van der Waals surface area (Å²) < 4.78 is 5.31. The lowest BCUT2D eigenvalue weighted by atomic mass is 9.77. The quantitative estimate of drug-likeness (QED) is 0.545. The van der Waals surface area contributed by atoms with Crippen LogP contribution in [0.2, 0.25) is 5.02 Å². The number of hydrogen-bond acceptors (Lipinski definition) is 2. The monoisotopic (exact) mass is 391 g/mol. The molecule has 0 aromatic heterocycles. The molecule has 1 atom stereocenters. The van der Waals surface area contributed by atoms with Crippen LogP contribution in [-0.2, 0) is 5.41 Å². The number of methoxy groups -OCH3 is 1. The van der Waals surface area contributed by atoms with E-state index < -0.39 is 0 Å². The molecule has 28 heavy (non-hydrogen) atoms. The Balaban J connectivity index is 1.86. The maximum Gasteiger partial charge on any atom is 0.258 e. The fourth-order valence-corrected chi connectivity index (χ4v) is 4.27. The van der Waals surface area contributed by atoms with Gasteiger partial charge in [-0.25, -0.2) is 0 Å². The predicted molar refractivity (Wildman–Crippen MR) is 113 cm³/mol. The molecule has 1 unspecified atom stereocenters. The molecule has 142 valence electrons. The van der Waals surface area contributed by atoms with E-state index in [9.17, 15) is 4.79 Å². The molecule has 0 spiro atoms. The van der Waals surface area contributed by atoms with Crippen LogP contribution in [0.5, 0.6) is 5.75 Å². The van der Waals surface area contributed by atoms with Crippen LogP contribution in [0.25, 0.3) is 0 Å². The van der Waals surface area contributed by atoms with E-state index in [0.29, 0.717) is 10.6 Å². The molecular weight excluding hydrogens is 370 g/mol. The summed E-state index contributed by atoms with van der Waals surface area (Å²) in [7, 11) is 1.65. The topological polar surface area (TPSA) is 29.5 Å². The number of fused-ring (bicyclic) bond motifs is 1. The first-order valence-corrected chi connectivity index (χ1v) is 9.64. The predicted octanol–water partition coefficient (Wildman–Crippen LogP) is 6.03. The average molecular weight is 392 g/mol. The maximum absolute atomic E-state index is 13.6. The third kappa shape index (κ3) is 2.96. The van der Waals surface area contributed by atoms with Crippen LogP contribution in [0.3, 0.4) is 0 Å². The van der Waals surface area contributed by atoms with E-state index in [4.69, 9.17) is 16.3 Å². The summed E-state index contributed by atoms with van der Waals surface area (Å²) in [5, 5.41) is 0.616. The highest BCUT2D eigenvalue weighted by Gasteiger charge is 2.47. The van der Waals surface area contributed by atoms with Crippen molar-refractivity contribution in [1.29, 1.82) is 0 Å². The lowest BCUT2D eigenvalue weighted by molar-refractivity contribution is 0.0971. The molecule has 0 N–H and O–H groups in total. The van der Waals surface area contributed by atoms with E-state index in [1.165, 1.54) is 0 Å². The molecular formula is C24H22ClNO2. The summed E-state index contributed by atoms with van der Waals surface area (Å²) in [6.07, 6.45) is 0. The zero-order chi connectivity index (χ0) is 19.9. The number of amides is 1. The fraction of sp³-hybridized carbons (Fsp3) is 0.208. The smallest absolute Gasteiger partial charge is 0.258 e. The Morgan fingerprint density at radius 2 is 1.61 bits per heavy atom. The van der Waals surface area contributed by atoms with Gasteiger partial charge in [-0.05, 0) is 53.6 Å². The number of ether oxygens (including phenoxy) is 1. The molecule has 0 saturated heterocycles. The van der Waals surface area contributed by atoms with Gasteiger partial charge in [0.05, 0.1) is 13.2 Å². The first-order valence-electron chi connectivity index (χ1n) is 9.26. The number of anilines is 1. The van der Waals surface area contributed by atoms with Crippen molar-refractivity contribution >= 4 is 23.2 Å². The number of hydrogen-bond donors (Lipinski definition) is 0. The molecule has 3 nitrogen and oxygen atoms in total. The van der Waals surface area contributed by atoms with E-state index in [1.54, 1.807) is 31.4 Å². The van der Waals surface area contributed by atoms with E-state index >= 15 is 0 Å². The van der Waals surface area contributed by atoms with E-state index in [1.807, 2.05) is 47.4 Å². The van der Waals surface area contributed by atoms with Crippen LogP contribution >= 0.6 is 11.6 Å². The van der Waals surface area contributed by atoms with E-state index in [0.717, 1.165) is 22.6 Å². The minimum atomic E-state index is -0.243. The second-order valence-corrected chi connectivity index (χ2v) is 8.03. The van der Waals surface area contributed by atoms with Gasteiger partial charge in [0, 0.05) is 21.7 Å². The molecule has 0 bridgehead atoms. The second-order valence-electron chi connectivity index (χ2n) is 7.60. The molecule has 0 radical (unpaired) electrons. The Morgan fingerprint density at radius 1 is 0.964 bits per heavy atom. The van der Waals surface area contributed by atoms with Gasteiger partial charge in [0.25, 0.3) is 5.91 Å². The zero-order valence-electron chi connectivity index (χ0n) is 16.1. The van der Waals surface area contributed by atoms with Gasteiger partial charge >= 0.3 is 0 Å².